The Hall–Kier alpha value is -1.61. The quantitative estimate of drug-likeness (QED) is 0.486. The Bertz CT molecular complexity index is 299. The van der Waals surface area contributed by atoms with Gasteiger partial charge < -0.3 is 14.8 Å². The van der Waals surface area contributed by atoms with Gasteiger partial charge in [0, 0.05) is 13.0 Å². The Kier molecular flexibility index (Phi) is 9.60. The number of hydrogen-bond donors (Lipinski definition) is 1. The predicted molar refractivity (Wildman–Crippen MR) is 64.5 cm³/mol. The lowest BCUT2D eigenvalue weighted by Gasteiger charge is -2.16. The molecule has 0 aliphatic rings. The fourth-order valence-corrected chi connectivity index (χ4v) is 1.37. The fraction of sp³-hybridized carbons (Fsp3) is 0.750. The first-order valence-corrected chi connectivity index (χ1v) is 5.97. The predicted octanol–water partition coefficient (Wildman–Crippen LogP) is 0.765. The summed E-state index contributed by atoms with van der Waals surface area (Å²) in [6, 6.07) is 1.36. The Morgan fingerprint density at radius 2 is 2.11 bits per heavy atom. The highest BCUT2D eigenvalue weighted by Crippen LogP contribution is 2.05. The highest BCUT2D eigenvalue weighted by molar-refractivity contribution is 5.84. The van der Waals surface area contributed by atoms with Crippen molar-refractivity contribution < 1.29 is 19.1 Å². The smallest absolute Gasteiger partial charge is 0.328 e. The van der Waals surface area contributed by atoms with Gasteiger partial charge in [-0.15, -0.1) is 0 Å². The second-order valence-electron chi connectivity index (χ2n) is 3.68. The van der Waals surface area contributed by atoms with Crippen molar-refractivity contribution in [3.63, 3.8) is 0 Å². The molecular formula is C12H20N2O4. The molecule has 1 amide bonds. The third kappa shape index (κ3) is 7.63. The highest BCUT2D eigenvalue weighted by atomic mass is 16.5. The molecule has 0 saturated heterocycles. The molecule has 1 atom stereocenters. The number of nitrogens with one attached hydrogen (secondary N) is 1. The van der Waals surface area contributed by atoms with E-state index in [-0.39, 0.29) is 12.5 Å². The van der Waals surface area contributed by atoms with Crippen LogP contribution < -0.4 is 5.32 Å². The van der Waals surface area contributed by atoms with Crippen molar-refractivity contribution in [3.05, 3.63) is 0 Å². The molecule has 102 valence electrons. The lowest BCUT2D eigenvalue weighted by Crippen LogP contribution is -2.43. The van der Waals surface area contributed by atoms with Gasteiger partial charge in [-0.1, -0.05) is 0 Å². The maximum absolute atomic E-state index is 11.4. The minimum Gasteiger partial charge on any atom is -0.467 e. The normalized spacial score (nSPS) is 11.4. The third-order valence-electron chi connectivity index (χ3n) is 2.29. The van der Waals surface area contributed by atoms with Gasteiger partial charge in [0.25, 0.3) is 0 Å². The number of nitrogens with zero attached hydrogens (tertiary/aromatic N) is 1. The topological polar surface area (TPSA) is 88.4 Å². The van der Waals surface area contributed by atoms with Gasteiger partial charge in [-0.05, 0) is 26.2 Å². The Morgan fingerprint density at radius 3 is 2.67 bits per heavy atom. The standard InChI is InChI=1S/C12H20N2O4/c1-3-18-9-11(15)14-10(12(16)17-2)7-5-4-6-8-13/h10H,3-7,9H2,1-2H3,(H,14,15)/t10-/m0/s1. The molecule has 6 nitrogen and oxygen atoms in total. The number of ether oxygens (including phenoxy) is 2. The van der Waals surface area contributed by atoms with Crippen LogP contribution in [0.4, 0.5) is 0 Å². The van der Waals surface area contributed by atoms with Crippen molar-refractivity contribution in [2.24, 2.45) is 0 Å². The minimum absolute atomic E-state index is 0.0673. The summed E-state index contributed by atoms with van der Waals surface area (Å²) in [7, 11) is 1.28. The number of methoxy groups -OCH3 is 1. The van der Waals surface area contributed by atoms with Crippen LogP contribution in [0.5, 0.6) is 0 Å². The zero-order valence-electron chi connectivity index (χ0n) is 10.9. The highest BCUT2D eigenvalue weighted by Gasteiger charge is 2.20. The molecule has 0 aliphatic heterocycles. The summed E-state index contributed by atoms with van der Waals surface area (Å²) in [6.45, 7) is 2.16. The van der Waals surface area contributed by atoms with Gasteiger partial charge in [-0.3, -0.25) is 4.79 Å². The van der Waals surface area contributed by atoms with Crippen molar-refractivity contribution in [1.82, 2.24) is 5.32 Å². The molecule has 0 radical (unpaired) electrons. The van der Waals surface area contributed by atoms with Crippen LogP contribution in [-0.4, -0.2) is 38.2 Å². The molecule has 6 heteroatoms. The van der Waals surface area contributed by atoms with E-state index in [0.29, 0.717) is 32.3 Å². The first-order chi connectivity index (χ1) is 8.65. The number of carbonyl (C=O) groups excluding carboxylic acids is 2. The Morgan fingerprint density at radius 1 is 1.39 bits per heavy atom. The van der Waals surface area contributed by atoms with Crippen LogP contribution in [0.1, 0.15) is 32.6 Å². The van der Waals surface area contributed by atoms with Crippen LogP contribution in [0.15, 0.2) is 0 Å². The Labute approximate surface area is 107 Å². The molecule has 0 unspecified atom stereocenters. The van der Waals surface area contributed by atoms with Gasteiger partial charge in [-0.25, -0.2) is 4.79 Å². The summed E-state index contributed by atoms with van der Waals surface area (Å²) in [4.78, 5) is 22.9. The summed E-state index contributed by atoms with van der Waals surface area (Å²) in [5.74, 6) is -0.815. The second kappa shape index (κ2) is 10.5. The molecule has 0 saturated carbocycles. The number of amides is 1. The number of esters is 1. The van der Waals surface area contributed by atoms with Crippen LogP contribution in [-0.2, 0) is 19.1 Å². The second-order valence-corrected chi connectivity index (χ2v) is 3.68. The number of carbonyl (C=O) groups is 2. The summed E-state index contributed by atoms with van der Waals surface area (Å²) in [5, 5.41) is 11.0. The third-order valence-corrected chi connectivity index (χ3v) is 2.29. The van der Waals surface area contributed by atoms with Crippen molar-refractivity contribution in [2.45, 2.75) is 38.6 Å². The lowest BCUT2D eigenvalue weighted by atomic mass is 10.1. The minimum atomic E-state index is -0.665. The fourth-order valence-electron chi connectivity index (χ4n) is 1.37. The average molecular weight is 256 g/mol. The van der Waals surface area contributed by atoms with Gasteiger partial charge >= 0.3 is 5.97 Å². The van der Waals surface area contributed by atoms with Crippen molar-refractivity contribution in [1.29, 1.82) is 5.26 Å². The van der Waals surface area contributed by atoms with Crippen molar-refractivity contribution in [3.8, 4) is 6.07 Å². The molecule has 0 aromatic carbocycles. The van der Waals surface area contributed by atoms with E-state index in [9.17, 15) is 9.59 Å². The van der Waals surface area contributed by atoms with Crippen molar-refractivity contribution >= 4 is 11.9 Å². The first kappa shape index (κ1) is 16.4. The molecular weight excluding hydrogens is 236 g/mol. The molecule has 0 rings (SSSR count). The Balaban J connectivity index is 4.11. The maximum Gasteiger partial charge on any atom is 0.328 e. The van der Waals surface area contributed by atoms with E-state index in [1.807, 2.05) is 6.07 Å². The molecule has 0 aromatic heterocycles. The molecule has 0 aromatic rings. The number of hydrogen-bond acceptors (Lipinski definition) is 5. The molecule has 0 fully saturated rings. The van der Waals surface area contributed by atoms with Gasteiger partial charge in [0.1, 0.15) is 12.6 Å². The van der Waals surface area contributed by atoms with E-state index in [0.717, 1.165) is 0 Å². The zero-order valence-corrected chi connectivity index (χ0v) is 10.9. The monoisotopic (exact) mass is 256 g/mol. The van der Waals surface area contributed by atoms with Gasteiger partial charge in [0.05, 0.1) is 13.2 Å². The zero-order chi connectivity index (χ0) is 13.8. The van der Waals surface area contributed by atoms with Crippen LogP contribution in [0, 0.1) is 11.3 Å². The van der Waals surface area contributed by atoms with E-state index in [1.54, 1.807) is 6.92 Å². The van der Waals surface area contributed by atoms with Crippen LogP contribution >= 0.6 is 0 Å². The summed E-state index contributed by atoms with van der Waals surface area (Å²) < 4.78 is 9.56. The van der Waals surface area contributed by atoms with E-state index in [2.05, 4.69) is 10.1 Å². The van der Waals surface area contributed by atoms with E-state index in [1.165, 1.54) is 7.11 Å². The first-order valence-electron chi connectivity index (χ1n) is 5.97. The number of unbranched alkanes of at least 4 members (excludes halogenated alkanes) is 2. The molecule has 1 N–H and O–H groups in total. The van der Waals surface area contributed by atoms with Crippen LogP contribution in [0.25, 0.3) is 0 Å². The van der Waals surface area contributed by atoms with E-state index in [4.69, 9.17) is 10.00 Å². The molecule has 0 aliphatic carbocycles. The number of nitriles is 1. The summed E-state index contributed by atoms with van der Waals surface area (Å²) >= 11 is 0. The SMILES string of the molecule is CCOCC(=O)N[C@@H](CCCCC#N)C(=O)OC. The van der Waals surface area contributed by atoms with E-state index < -0.39 is 12.0 Å². The summed E-state index contributed by atoms with van der Waals surface area (Å²) in [5.41, 5.74) is 0. The largest absolute Gasteiger partial charge is 0.467 e. The number of rotatable bonds is 9. The molecule has 0 heterocycles. The molecule has 0 bridgehead atoms. The lowest BCUT2D eigenvalue weighted by molar-refractivity contribution is -0.145. The average Bonchev–Trinajstić information content (AvgIpc) is 2.38. The molecule has 18 heavy (non-hydrogen) atoms. The molecule has 0 spiro atoms. The maximum atomic E-state index is 11.4. The van der Waals surface area contributed by atoms with E-state index >= 15 is 0 Å². The van der Waals surface area contributed by atoms with Gasteiger partial charge in [0.2, 0.25) is 5.91 Å². The van der Waals surface area contributed by atoms with Crippen molar-refractivity contribution in [2.75, 3.05) is 20.3 Å². The van der Waals surface area contributed by atoms with Crippen LogP contribution in [0.2, 0.25) is 0 Å². The summed E-state index contributed by atoms with van der Waals surface area (Å²) in [6.07, 6.45) is 2.29. The van der Waals surface area contributed by atoms with Gasteiger partial charge in [-0.2, -0.15) is 5.26 Å². The van der Waals surface area contributed by atoms with Crippen LogP contribution in [0.3, 0.4) is 0 Å². The van der Waals surface area contributed by atoms with Gasteiger partial charge in [0.15, 0.2) is 0 Å².